The predicted molar refractivity (Wildman–Crippen MR) is 92.9 cm³/mol. The van der Waals surface area contributed by atoms with E-state index in [9.17, 15) is 9.59 Å². The Morgan fingerprint density at radius 1 is 1.17 bits per heavy atom. The molecule has 0 saturated heterocycles. The van der Waals surface area contributed by atoms with E-state index in [2.05, 4.69) is 10.6 Å². The van der Waals surface area contributed by atoms with Crippen LogP contribution in [0.15, 0.2) is 42.5 Å². The Labute approximate surface area is 148 Å². The molecule has 5 nitrogen and oxygen atoms in total. The molecule has 0 radical (unpaired) electrons. The molecule has 2 amide bonds. The monoisotopic (exact) mass is 364 g/mol. The van der Waals surface area contributed by atoms with Gasteiger partial charge < -0.3 is 15.4 Å². The SMILES string of the molecule is O=C(NCCC1Oc2ccccc2NC1=O)c1ccc(Cl)c(Cl)c1. The summed E-state index contributed by atoms with van der Waals surface area (Å²) in [6.45, 7) is 0.291. The predicted octanol–water partition coefficient (Wildman–Crippen LogP) is 3.51. The minimum atomic E-state index is -0.644. The van der Waals surface area contributed by atoms with Crippen molar-refractivity contribution in [3.8, 4) is 5.75 Å². The van der Waals surface area contributed by atoms with Crippen molar-refractivity contribution in [2.75, 3.05) is 11.9 Å². The zero-order valence-electron chi connectivity index (χ0n) is 12.5. The van der Waals surface area contributed by atoms with E-state index in [1.165, 1.54) is 6.07 Å². The summed E-state index contributed by atoms with van der Waals surface area (Å²) >= 11 is 11.7. The van der Waals surface area contributed by atoms with Gasteiger partial charge in [-0.2, -0.15) is 0 Å². The highest BCUT2D eigenvalue weighted by molar-refractivity contribution is 6.42. The van der Waals surface area contributed by atoms with Crippen LogP contribution < -0.4 is 15.4 Å². The lowest BCUT2D eigenvalue weighted by Gasteiger charge is -2.25. The number of anilines is 1. The third kappa shape index (κ3) is 3.63. The van der Waals surface area contributed by atoms with E-state index < -0.39 is 6.10 Å². The standard InChI is InChI=1S/C17H14Cl2N2O3/c18-11-6-5-10(9-12(11)19)16(22)20-8-7-15-17(23)21-13-3-1-2-4-14(13)24-15/h1-6,9,15H,7-8H2,(H,20,22)(H,21,23). The zero-order valence-corrected chi connectivity index (χ0v) is 14.0. The molecule has 0 fully saturated rings. The molecule has 1 unspecified atom stereocenters. The van der Waals surface area contributed by atoms with Gasteiger partial charge in [-0.05, 0) is 30.3 Å². The Morgan fingerprint density at radius 2 is 1.96 bits per heavy atom. The van der Waals surface area contributed by atoms with Crippen molar-refractivity contribution in [1.29, 1.82) is 0 Å². The van der Waals surface area contributed by atoms with Crippen LogP contribution in [0.4, 0.5) is 5.69 Å². The molecule has 1 aliphatic rings. The molecular weight excluding hydrogens is 351 g/mol. The maximum absolute atomic E-state index is 12.1. The van der Waals surface area contributed by atoms with E-state index in [0.717, 1.165) is 0 Å². The molecule has 2 aromatic carbocycles. The number of para-hydroxylation sites is 2. The molecular formula is C17H14Cl2N2O3. The van der Waals surface area contributed by atoms with Crippen LogP contribution in [0.1, 0.15) is 16.8 Å². The third-order valence-corrected chi connectivity index (χ3v) is 4.32. The van der Waals surface area contributed by atoms with Gasteiger partial charge in [0.25, 0.3) is 11.8 Å². The van der Waals surface area contributed by atoms with Crippen LogP contribution in [-0.4, -0.2) is 24.5 Å². The number of hydrogen-bond acceptors (Lipinski definition) is 3. The number of hydrogen-bond donors (Lipinski definition) is 2. The molecule has 2 aromatic rings. The second-order valence-electron chi connectivity index (χ2n) is 5.27. The topological polar surface area (TPSA) is 67.4 Å². The molecule has 0 bridgehead atoms. The molecule has 0 saturated carbocycles. The quantitative estimate of drug-likeness (QED) is 0.871. The highest BCUT2D eigenvalue weighted by atomic mass is 35.5. The van der Waals surface area contributed by atoms with E-state index in [-0.39, 0.29) is 11.8 Å². The summed E-state index contributed by atoms with van der Waals surface area (Å²) in [4.78, 5) is 24.1. The number of benzene rings is 2. The molecule has 3 rings (SSSR count). The van der Waals surface area contributed by atoms with Crippen molar-refractivity contribution in [3.63, 3.8) is 0 Å². The van der Waals surface area contributed by atoms with Gasteiger partial charge in [-0.3, -0.25) is 9.59 Å². The van der Waals surface area contributed by atoms with Crippen molar-refractivity contribution < 1.29 is 14.3 Å². The normalized spacial score (nSPS) is 15.9. The molecule has 1 aliphatic heterocycles. The van der Waals surface area contributed by atoms with Gasteiger partial charge in [0, 0.05) is 18.5 Å². The van der Waals surface area contributed by atoms with Crippen molar-refractivity contribution >= 4 is 40.7 Å². The van der Waals surface area contributed by atoms with Gasteiger partial charge in [0.15, 0.2) is 6.10 Å². The van der Waals surface area contributed by atoms with Crippen LogP contribution in [0.2, 0.25) is 10.0 Å². The van der Waals surface area contributed by atoms with Gasteiger partial charge in [0.1, 0.15) is 5.75 Å². The Bertz CT molecular complexity index is 795. The van der Waals surface area contributed by atoms with Gasteiger partial charge in [0.2, 0.25) is 0 Å². The fourth-order valence-corrected chi connectivity index (χ4v) is 2.64. The first kappa shape index (κ1) is 16.6. The van der Waals surface area contributed by atoms with Gasteiger partial charge in [-0.15, -0.1) is 0 Å². The number of carbonyl (C=O) groups excluding carboxylic acids is 2. The fraction of sp³-hybridized carbons (Fsp3) is 0.176. The van der Waals surface area contributed by atoms with Gasteiger partial charge in [-0.25, -0.2) is 0 Å². The van der Waals surface area contributed by atoms with Gasteiger partial charge in [0.05, 0.1) is 15.7 Å². The van der Waals surface area contributed by atoms with Crippen molar-refractivity contribution in [3.05, 3.63) is 58.1 Å². The first-order valence-corrected chi connectivity index (χ1v) is 8.10. The maximum Gasteiger partial charge on any atom is 0.265 e. The first-order chi connectivity index (χ1) is 11.5. The van der Waals surface area contributed by atoms with Crippen LogP contribution in [0, 0.1) is 0 Å². The van der Waals surface area contributed by atoms with Crippen molar-refractivity contribution in [2.24, 2.45) is 0 Å². The molecule has 1 atom stereocenters. The van der Waals surface area contributed by atoms with Gasteiger partial charge in [-0.1, -0.05) is 35.3 Å². The highest BCUT2D eigenvalue weighted by Crippen LogP contribution is 2.29. The number of halogens is 2. The molecule has 1 heterocycles. The number of rotatable bonds is 4. The zero-order chi connectivity index (χ0) is 17.1. The van der Waals surface area contributed by atoms with Crippen molar-refractivity contribution in [1.82, 2.24) is 5.32 Å². The maximum atomic E-state index is 12.1. The molecule has 24 heavy (non-hydrogen) atoms. The summed E-state index contributed by atoms with van der Waals surface area (Å²) in [6.07, 6.45) is -0.290. The third-order valence-electron chi connectivity index (χ3n) is 3.58. The Balaban J connectivity index is 1.55. The Morgan fingerprint density at radius 3 is 2.75 bits per heavy atom. The number of ether oxygens (including phenoxy) is 1. The van der Waals surface area contributed by atoms with E-state index >= 15 is 0 Å². The second kappa shape index (κ2) is 7.11. The summed E-state index contributed by atoms with van der Waals surface area (Å²) in [7, 11) is 0. The van der Waals surface area contributed by atoms with E-state index in [1.54, 1.807) is 24.3 Å². The van der Waals surface area contributed by atoms with Crippen molar-refractivity contribution in [2.45, 2.75) is 12.5 Å². The van der Waals surface area contributed by atoms with E-state index in [1.807, 2.05) is 12.1 Å². The van der Waals surface area contributed by atoms with Gasteiger partial charge >= 0.3 is 0 Å². The molecule has 7 heteroatoms. The molecule has 0 aliphatic carbocycles. The van der Waals surface area contributed by atoms with Crippen LogP contribution >= 0.6 is 23.2 Å². The molecule has 124 valence electrons. The number of nitrogens with one attached hydrogen (secondary N) is 2. The van der Waals surface area contributed by atoms with Crippen LogP contribution in [0.3, 0.4) is 0 Å². The van der Waals surface area contributed by atoms with Crippen LogP contribution in [0.5, 0.6) is 5.75 Å². The number of carbonyl (C=O) groups is 2. The smallest absolute Gasteiger partial charge is 0.265 e. The number of amides is 2. The molecule has 2 N–H and O–H groups in total. The lowest BCUT2D eigenvalue weighted by atomic mass is 10.1. The summed E-state index contributed by atoms with van der Waals surface area (Å²) in [6, 6.07) is 11.9. The summed E-state index contributed by atoms with van der Waals surface area (Å²) in [5.74, 6) is 0.112. The second-order valence-corrected chi connectivity index (χ2v) is 6.08. The van der Waals surface area contributed by atoms with E-state index in [0.29, 0.717) is 40.0 Å². The van der Waals surface area contributed by atoms with E-state index in [4.69, 9.17) is 27.9 Å². The first-order valence-electron chi connectivity index (χ1n) is 7.34. The highest BCUT2D eigenvalue weighted by Gasteiger charge is 2.27. The average Bonchev–Trinajstić information content (AvgIpc) is 2.57. The van der Waals surface area contributed by atoms with Crippen LogP contribution in [-0.2, 0) is 4.79 Å². The number of fused-ring (bicyclic) bond motifs is 1. The average molecular weight is 365 g/mol. The molecule has 0 aromatic heterocycles. The molecule has 0 spiro atoms. The lowest BCUT2D eigenvalue weighted by Crippen LogP contribution is -2.39. The lowest BCUT2D eigenvalue weighted by molar-refractivity contribution is -0.123. The minimum absolute atomic E-state index is 0.225. The summed E-state index contributed by atoms with van der Waals surface area (Å²) in [5, 5.41) is 6.23. The Kier molecular flexibility index (Phi) is 4.92. The summed E-state index contributed by atoms with van der Waals surface area (Å²) in [5.41, 5.74) is 1.06. The fourth-order valence-electron chi connectivity index (χ4n) is 2.34. The Hall–Kier alpha value is -2.24. The minimum Gasteiger partial charge on any atom is -0.478 e. The largest absolute Gasteiger partial charge is 0.478 e. The summed E-state index contributed by atoms with van der Waals surface area (Å²) < 4.78 is 5.66. The van der Waals surface area contributed by atoms with Crippen LogP contribution in [0.25, 0.3) is 0 Å².